The van der Waals surface area contributed by atoms with Gasteiger partial charge in [-0.15, -0.1) is 0 Å². The van der Waals surface area contributed by atoms with E-state index >= 15 is 0 Å². The summed E-state index contributed by atoms with van der Waals surface area (Å²) >= 11 is 3.18. The van der Waals surface area contributed by atoms with E-state index in [1.165, 1.54) is 6.07 Å². The van der Waals surface area contributed by atoms with Gasteiger partial charge in [-0.1, -0.05) is 6.07 Å². The Kier molecular flexibility index (Phi) is 4.55. The second-order valence-electron chi connectivity index (χ2n) is 4.26. The molecule has 4 nitrogen and oxygen atoms in total. The number of hydrogen-bond acceptors (Lipinski definition) is 3. The van der Waals surface area contributed by atoms with E-state index in [-0.39, 0.29) is 18.5 Å². The Hall–Kier alpha value is -1.40. The normalized spacial score (nSPS) is 12.4. The molecule has 0 aliphatic carbocycles. The van der Waals surface area contributed by atoms with E-state index in [1.807, 2.05) is 13.1 Å². The fourth-order valence-electron chi connectivity index (χ4n) is 1.78. The molecule has 1 aromatic heterocycles. The van der Waals surface area contributed by atoms with Crippen molar-refractivity contribution in [3.8, 4) is 0 Å². The molecule has 2 aromatic rings. The zero-order chi connectivity index (χ0) is 13.8. The predicted molar refractivity (Wildman–Crippen MR) is 75.5 cm³/mol. The highest BCUT2D eigenvalue weighted by molar-refractivity contribution is 9.10. The standard InChI is InChI=1S/C13H15BrFN3O/c1-9(10-2-3-13(15)12(14)6-10)17-11-7-16-18(8-11)4-5-19/h2-3,6-9,17,19H,4-5H2,1H3. The average Bonchev–Trinajstić information content (AvgIpc) is 2.80. The van der Waals surface area contributed by atoms with Crippen LogP contribution in [0.5, 0.6) is 0 Å². The van der Waals surface area contributed by atoms with Gasteiger partial charge in [-0.2, -0.15) is 5.10 Å². The van der Waals surface area contributed by atoms with Crippen LogP contribution in [0.2, 0.25) is 0 Å². The summed E-state index contributed by atoms with van der Waals surface area (Å²) in [7, 11) is 0. The van der Waals surface area contributed by atoms with E-state index < -0.39 is 0 Å². The van der Waals surface area contributed by atoms with Crippen LogP contribution in [0.4, 0.5) is 10.1 Å². The van der Waals surface area contributed by atoms with Crippen molar-refractivity contribution in [2.75, 3.05) is 11.9 Å². The quantitative estimate of drug-likeness (QED) is 0.887. The molecule has 2 N–H and O–H groups in total. The van der Waals surface area contributed by atoms with Crippen molar-refractivity contribution >= 4 is 21.6 Å². The summed E-state index contributed by atoms with van der Waals surface area (Å²) < 4.78 is 15.3. The molecule has 19 heavy (non-hydrogen) atoms. The van der Waals surface area contributed by atoms with Gasteiger partial charge in [0.15, 0.2) is 0 Å². The molecule has 0 spiro atoms. The molecule has 0 aliphatic heterocycles. The van der Waals surface area contributed by atoms with Gasteiger partial charge in [-0.05, 0) is 40.5 Å². The van der Waals surface area contributed by atoms with Crippen LogP contribution in [0.25, 0.3) is 0 Å². The number of aliphatic hydroxyl groups excluding tert-OH is 1. The number of aliphatic hydroxyl groups is 1. The van der Waals surface area contributed by atoms with Crippen LogP contribution in [0, 0.1) is 5.82 Å². The Bertz CT molecular complexity index is 559. The monoisotopic (exact) mass is 327 g/mol. The van der Waals surface area contributed by atoms with Crippen LogP contribution in [0.3, 0.4) is 0 Å². The lowest BCUT2D eigenvalue weighted by Gasteiger charge is -2.14. The molecule has 1 atom stereocenters. The highest BCUT2D eigenvalue weighted by Crippen LogP contribution is 2.23. The summed E-state index contributed by atoms with van der Waals surface area (Å²) in [6, 6.07) is 4.97. The molecule has 2 rings (SSSR count). The Balaban J connectivity index is 2.06. The number of nitrogens with zero attached hydrogens (tertiary/aromatic N) is 2. The largest absolute Gasteiger partial charge is 0.394 e. The topological polar surface area (TPSA) is 50.1 Å². The van der Waals surface area contributed by atoms with Gasteiger partial charge in [0.1, 0.15) is 5.82 Å². The molecule has 0 saturated carbocycles. The van der Waals surface area contributed by atoms with Crippen molar-refractivity contribution in [3.63, 3.8) is 0 Å². The number of halogens is 2. The first kappa shape index (κ1) is 14.0. The fraction of sp³-hybridized carbons (Fsp3) is 0.308. The van der Waals surface area contributed by atoms with Crippen LogP contribution in [0.15, 0.2) is 35.1 Å². The summed E-state index contributed by atoms with van der Waals surface area (Å²) in [6.07, 6.45) is 3.52. The third-order valence-electron chi connectivity index (χ3n) is 2.79. The lowest BCUT2D eigenvalue weighted by molar-refractivity contribution is 0.269. The van der Waals surface area contributed by atoms with Crippen LogP contribution >= 0.6 is 15.9 Å². The van der Waals surface area contributed by atoms with E-state index in [2.05, 4.69) is 26.3 Å². The van der Waals surface area contributed by atoms with Crippen LogP contribution in [-0.2, 0) is 6.54 Å². The SMILES string of the molecule is CC(Nc1cnn(CCO)c1)c1ccc(F)c(Br)c1. The number of anilines is 1. The predicted octanol–water partition coefficient (Wildman–Crippen LogP) is 2.95. The maximum atomic E-state index is 13.2. The molecule has 0 bridgehead atoms. The Morgan fingerprint density at radius 1 is 1.53 bits per heavy atom. The number of aromatic nitrogens is 2. The van der Waals surface area contributed by atoms with Crippen LogP contribution in [0.1, 0.15) is 18.5 Å². The second kappa shape index (κ2) is 6.16. The molecular formula is C13H15BrFN3O. The first-order valence-electron chi connectivity index (χ1n) is 5.95. The van der Waals surface area contributed by atoms with Gasteiger partial charge >= 0.3 is 0 Å². The van der Waals surface area contributed by atoms with E-state index in [9.17, 15) is 4.39 Å². The zero-order valence-corrected chi connectivity index (χ0v) is 12.1. The summed E-state index contributed by atoms with van der Waals surface area (Å²) in [5, 5.41) is 16.2. The Morgan fingerprint density at radius 3 is 3.00 bits per heavy atom. The molecule has 102 valence electrons. The minimum Gasteiger partial charge on any atom is -0.394 e. The van der Waals surface area contributed by atoms with Gasteiger partial charge < -0.3 is 10.4 Å². The zero-order valence-electron chi connectivity index (χ0n) is 10.5. The van der Waals surface area contributed by atoms with Gasteiger partial charge in [0.2, 0.25) is 0 Å². The molecule has 1 unspecified atom stereocenters. The van der Waals surface area contributed by atoms with Gasteiger partial charge in [0, 0.05) is 12.2 Å². The molecular weight excluding hydrogens is 313 g/mol. The number of rotatable bonds is 5. The maximum Gasteiger partial charge on any atom is 0.137 e. The molecule has 1 heterocycles. The molecule has 0 saturated heterocycles. The molecule has 1 aromatic carbocycles. The lowest BCUT2D eigenvalue weighted by Crippen LogP contribution is -2.06. The van der Waals surface area contributed by atoms with Gasteiger partial charge in [-0.25, -0.2) is 4.39 Å². The lowest BCUT2D eigenvalue weighted by atomic mass is 10.1. The van der Waals surface area contributed by atoms with Crippen molar-refractivity contribution in [1.82, 2.24) is 9.78 Å². The average molecular weight is 328 g/mol. The Morgan fingerprint density at radius 2 is 2.32 bits per heavy atom. The summed E-state index contributed by atoms with van der Waals surface area (Å²) in [5.41, 5.74) is 1.84. The summed E-state index contributed by atoms with van der Waals surface area (Å²) in [5.74, 6) is -0.272. The highest BCUT2D eigenvalue weighted by Gasteiger charge is 2.09. The van der Waals surface area contributed by atoms with Crippen molar-refractivity contribution in [2.24, 2.45) is 0 Å². The van der Waals surface area contributed by atoms with E-state index in [0.29, 0.717) is 11.0 Å². The first-order valence-corrected chi connectivity index (χ1v) is 6.74. The minimum atomic E-state index is -0.272. The first-order chi connectivity index (χ1) is 9.10. The van der Waals surface area contributed by atoms with Gasteiger partial charge in [0.25, 0.3) is 0 Å². The highest BCUT2D eigenvalue weighted by atomic mass is 79.9. The molecule has 0 radical (unpaired) electrons. The number of benzene rings is 1. The van der Waals surface area contributed by atoms with Crippen LogP contribution < -0.4 is 5.32 Å². The molecule has 6 heteroatoms. The smallest absolute Gasteiger partial charge is 0.137 e. The van der Waals surface area contributed by atoms with E-state index in [1.54, 1.807) is 23.0 Å². The van der Waals surface area contributed by atoms with Crippen molar-refractivity contribution < 1.29 is 9.50 Å². The van der Waals surface area contributed by atoms with E-state index in [4.69, 9.17) is 5.11 Å². The molecule has 0 aliphatic rings. The van der Waals surface area contributed by atoms with E-state index in [0.717, 1.165) is 11.3 Å². The molecule has 0 amide bonds. The summed E-state index contributed by atoms with van der Waals surface area (Å²) in [6.45, 7) is 2.52. The van der Waals surface area contributed by atoms with Gasteiger partial charge in [-0.3, -0.25) is 4.68 Å². The number of nitrogens with one attached hydrogen (secondary N) is 1. The van der Waals surface area contributed by atoms with Crippen molar-refractivity contribution in [3.05, 3.63) is 46.4 Å². The Labute approximate surface area is 119 Å². The number of hydrogen-bond donors (Lipinski definition) is 2. The van der Waals surface area contributed by atoms with Crippen molar-refractivity contribution in [1.29, 1.82) is 0 Å². The van der Waals surface area contributed by atoms with Crippen LogP contribution in [-0.4, -0.2) is 21.5 Å². The minimum absolute atomic E-state index is 0.0312. The van der Waals surface area contributed by atoms with Crippen molar-refractivity contribution in [2.45, 2.75) is 19.5 Å². The third-order valence-corrected chi connectivity index (χ3v) is 3.40. The second-order valence-corrected chi connectivity index (χ2v) is 5.11. The fourth-order valence-corrected chi connectivity index (χ4v) is 2.17. The summed E-state index contributed by atoms with van der Waals surface area (Å²) in [4.78, 5) is 0. The third kappa shape index (κ3) is 3.54. The van der Waals surface area contributed by atoms with Gasteiger partial charge in [0.05, 0.1) is 29.5 Å². The maximum absolute atomic E-state index is 13.2. The molecule has 0 fully saturated rings.